The largest absolute Gasteiger partial charge is 0.198 e. The van der Waals surface area contributed by atoms with Crippen molar-refractivity contribution in [3.63, 3.8) is 0 Å². The first-order valence-electron chi connectivity index (χ1n) is 3.74. The summed E-state index contributed by atoms with van der Waals surface area (Å²) in [5.41, 5.74) is -0.116. The van der Waals surface area contributed by atoms with E-state index < -0.39 is 0 Å². The monoisotopic (exact) mass is 153 g/mol. The number of nitriles is 1. The third-order valence-electron chi connectivity index (χ3n) is 0.947. The minimum Gasteiger partial charge on any atom is -0.198 e. The summed E-state index contributed by atoms with van der Waals surface area (Å²) < 4.78 is 0. The summed E-state index contributed by atoms with van der Waals surface area (Å²) in [7, 11) is 0. The zero-order valence-corrected chi connectivity index (χ0v) is 7.63. The van der Waals surface area contributed by atoms with Gasteiger partial charge in [-0.15, -0.1) is 0 Å². The van der Waals surface area contributed by atoms with Crippen LogP contribution in [0.3, 0.4) is 0 Å². The van der Waals surface area contributed by atoms with Gasteiger partial charge in [0.05, 0.1) is 24.1 Å². The lowest BCUT2D eigenvalue weighted by molar-refractivity contribution is 0.529. The number of azo groups is 1. The molecule has 0 heterocycles. The highest BCUT2D eigenvalue weighted by Gasteiger charge is 2.06. The molecule has 0 aliphatic heterocycles. The number of hydrogen-bond acceptors (Lipinski definition) is 3. The quantitative estimate of drug-likeness (QED) is 0.562. The second-order valence-corrected chi connectivity index (χ2v) is 3.62. The van der Waals surface area contributed by atoms with Crippen molar-refractivity contribution in [1.29, 1.82) is 5.26 Å². The van der Waals surface area contributed by atoms with Crippen LogP contribution in [0.2, 0.25) is 0 Å². The summed E-state index contributed by atoms with van der Waals surface area (Å²) in [5, 5.41) is 16.3. The Balaban J connectivity index is 3.72. The molecule has 0 aliphatic rings. The van der Waals surface area contributed by atoms with Crippen molar-refractivity contribution in [2.24, 2.45) is 16.1 Å². The first-order valence-corrected chi connectivity index (χ1v) is 3.74. The lowest BCUT2D eigenvalue weighted by Crippen LogP contribution is -2.08. The summed E-state index contributed by atoms with van der Waals surface area (Å²) in [6.07, 6.45) is 0. The van der Waals surface area contributed by atoms with Gasteiger partial charge in [-0.05, 0) is 27.7 Å². The Kier molecular flexibility index (Phi) is 3.73. The van der Waals surface area contributed by atoms with E-state index in [2.05, 4.69) is 16.3 Å². The van der Waals surface area contributed by atoms with Gasteiger partial charge in [-0.2, -0.15) is 15.5 Å². The molecule has 0 aliphatic carbocycles. The van der Waals surface area contributed by atoms with Gasteiger partial charge in [0.1, 0.15) is 0 Å². The van der Waals surface area contributed by atoms with Crippen molar-refractivity contribution >= 4 is 0 Å². The Morgan fingerprint density at radius 1 is 1.45 bits per heavy atom. The van der Waals surface area contributed by atoms with E-state index in [-0.39, 0.29) is 11.5 Å². The summed E-state index contributed by atoms with van der Waals surface area (Å²) in [6, 6.07) is 2.10. The van der Waals surface area contributed by atoms with Crippen LogP contribution in [-0.2, 0) is 0 Å². The molecule has 0 saturated carbocycles. The van der Waals surface area contributed by atoms with E-state index >= 15 is 0 Å². The van der Waals surface area contributed by atoms with Gasteiger partial charge in [-0.25, -0.2) is 0 Å². The van der Waals surface area contributed by atoms with Crippen LogP contribution in [0.4, 0.5) is 0 Å². The van der Waals surface area contributed by atoms with Crippen molar-refractivity contribution in [2.75, 3.05) is 6.54 Å². The molecule has 0 spiro atoms. The third kappa shape index (κ3) is 6.98. The lowest BCUT2D eigenvalue weighted by Gasteiger charge is -2.08. The normalized spacial score (nSPS) is 14.8. The summed E-state index contributed by atoms with van der Waals surface area (Å²) in [4.78, 5) is 0. The van der Waals surface area contributed by atoms with E-state index in [0.29, 0.717) is 6.54 Å². The SMILES string of the molecule is CC(C#N)CN=NC(C)(C)C. The summed E-state index contributed by atoms with van der Waals surface area (Å²) >= 11 is 0. The van der Waals surface area contributed by atoms with Crippen molar-refractivity contribution in [3.8, 4) is 6.07 Å². The van der Waals surface area contributed by atoms with Crippen molar-refractivity contribution in [3.05, 3.63) is 0 Å². The van der Waals surface area contributed by atoms with Crippen LogP contribution in [0.15, 0.2) is 10.2 Å². The maximum absolute atomic E-state index is 8.41. The fourth-order valence-corrected chi connectivity index (χ4v) is 0.416. The Morgan fingerprint density at radius 3 is 2.36 bits per heavy atom. The molecule has 0 bridgehead atoms. The second-order valence-electron chi connectivity index (χ2n) is 3.62. The molecule has 0 saturated heterocycles. The van der Waals surface area contributed by atoms with E-state index in [4.69, 9.17) is 5.26 Å². The van der Waals surface area contributed by atoms with Gasteiger partial charge in [0, 0.05) is 0 Å². The topological polar surface area (TPSA) is 48.5 Å². The Labute approximate surface area is 68.1 Å². The van der Waals surface area contributed by atoms with Gasteiger partial charge in [-0.3, -0.25) is 0 Å². The van der Waals surface area contributed by atoms with Crippen molar-refractivity contribution in [2.45, 2.75) is 33.2 Å². The average molecular weight is 153 g/mol. The summed E-state index contributed by atoms with van der Waals surface area (Å²) in [5.74, 6) is -0.0268. The first-order chi connectivity index (χ1) is 4.95. The Bertz CT molecular complexity index is 171. The van der Waals surface area contributed by atoms with Crippen LogP contribution < -0.4 is 0 Å². The summed E-state index contributed by atoms with van der Waals surface area (Å²) in [6.45, 7) is 8.28. The van der Waals surface area contributed by atoms with Gasteiger partial charge in [0.25, 0.3) is 0 Å². The molecule has 0 amide bonds. The van der Waals surface area contributed by atoms with Gasteiger partial charge in [0.15, 0.2) is 0 Å². The highest BCUT2D eigenvalue weighted by atomic mass is 15.1. The molecular formula is C8H15N3. The van der Waals surface area contributed by atoms with Crippen LogP contribution in [0, 0.1) is 17.2 Å². The number of rotatable bonds is 2. The molecule has 0 aromatic carbocycles. The van der Waals surface area contributed by atoms with Crippen LogP contribution in [0.1, 0.15) is 27.7 Å². The average Bonchev–Trinajstić information content (AvgIpc) is 1.85. The van der Waals surface area contributed by atoms with E-state index in [9.17, 15) is 0 Å². The smallest absolute Gasteiger partial charge is 0.0754 e. The van der Waals surface area contributed by atoms with Crippen LogP contribution in [0.5, 0.6) is 0 Å². The molecule has 0 aromatic heterocycles. The Morgan fingerprint density at radius 2 is 2.00 bits per heavy atom. The molecule has 3 heteroatoms. The van der Waals surface area contributed by atoms with Crippen LogP contribution >= 0.6 is 0 Å². The predicted molar refractivity (Wildman–Crippen MR) is 44.3 cm³/mol. The van der Waals surface area contributed by atoms with Crippen molar-refractivity contribution in [1.82, 2.24) is 0 Å². The molecule has 62 valence electrons. The molecule has 1 unspecified atom stereocenters. The molecule has 0 aromatic rings. The minimum atomic E-state index is -0.116. The molecular weight excluding hydrogens is 138 g/mol. The third-order valence-corrected chi connectivity index (χ3v) is 0.947. The zero-order valence-electron chi connectivity index (χ0n) is 7.63. The predicted octanol–water partition coefficient (Wildman–Crippen LogP) is 2.40. The minimum absolute atomic E-state index is 0.0268. The van der Waals surface area contributed by atoms with E-state index in [1.807, 2.05) is 27.7 Å². The molecule has 1 atom stereocenters. The number of hydrogen-bond donors (Lipinski definition) is 0. The highest BCUT2D eigenvalue weighted by Crippen LogP contribution is 2.07. The van der Waals surface area contributed by atoms with Gasteiger partial charge >= 0.3 is 0 Å². The maximum atomic E-state index is 8.41. The highest BCUT2D eigenvalue weighted by molar-refractivity contribution is 4.80. The van der Waals surface area contributed by atoms with Gasteiger partial charge in [-0.1, -0.05) is 0 Å². The lowest BCUT2D eigenvalue weighted by atomic mass is 10.1. The first kappa shape index (κ1) is 10.1. The van der Waals surface area contributed by atoms with Crippen LogP contribution in [0.25, 0.3) is 0 Å². The maximum Gasteiger partial charge on any atom is 0.0754 e. The van der Waals surface area contributed by atoms with E-state index in [1.54, 1.807) is 0 Å². The molecule has 0 rings (SSSR count). The molecule has 11 heavy (non-hydrogen) atoms. The number of nitrogens with zero attached hydrogens (tertiary/aromatic N) is 3. The fraction of sp³-hybridized carbons (Fsp3) is 0.875. The zero-order chi connectivity index (χ0) is 8.91. The second kappa shape index (κ2) is 4.07. The van der Waals surface area contributed by atoms with Crippen molar-refractivity contribution < 1.29 is 0 Å². The molecule has 3 nitrogen and oxygen atoms in total. The van der Waals surface area contributed by atoms with E-state index in [1.165, 1.54) is 0 Å². The Hall–Kier alpha value is -0.910. The van der Waals surface area contributed by atoms with Gasteiger partial charge in [0.2, 0.25) is 0 Å². The fourth-order valence-electron chi connectivity index (χ4n) is 0.416. The standard InChI is InChI=1S/C8H15N3/c1-7(5-9)6-10-11-8(2,3)4/h7H,6H2,1-4H3. The molecule has 0 radical (unpaired) electrons. The molecule has 0 fully saturated rings. The van der Waals surface area contributed by atoms with E-state index in [0.717, 1.165) is 0 Å². The molecule has 0 N–H and O–H groups in total. The van der Waals surface area contributed by atoms with Crippen LogP contribution in [-0.4, -0.2) is 12.1 Å². The van der Waals surface area contributed by atoms with Gasteiger partial charge < -0.3 is 0 Å².